The summed E-state index contributed by atoms with van der Waals surface area (Å²) in [6.45, 7) is 0. The lowest BCUT2D eigenvalue weighted by Gasteiger charge is -2.28. The van der Waals surface area contributed by atoms with Gasteiger partial charge < -0.3 is 9.32 Å². The third-order valence-corrected chi connectivity index (χ3v) is 10.8. The summed E-state index contributed by atoms with van der Waals surface area (Å²) in [5.41, 5.74) is 10.0. The Kier molecular flexibility index (Phi) is 6.39. The molecule has 0 saturated heterocycles. The summed E-state index contributed by atoms with van der Waals surface area (Å²) in [6.07, 6.45) is 0. The highest BCUT2D eigenvalue weighted by atomic mass is 32.1. The van der Waals surface area contributed by atoms with Gasteiger partial charge in [0, 0.05) is 47.9 Å². The van der Waals surface area contributed by atoms with E-state index in [0.717, 1.165) is 28.2 Å². The molecule has 0 aliphatic heterocycles. The number of nitrogens with zero attached hydrogens (tertiary/aromatic N) is 1. The van der Waals surface area contributed by atoms with Crippen LogP contribution in [-0.4, -0.2) is 0 Å². The fourth-order valence-electron chi connectivity index (χ4n) is 7.34. The molecule has 2 nitrogen and oxygen atoms in total. The van der Waals surface area contributed by atoms with Crippen molar-refractivity contribution in [1.82, 2.24) is 0 Å². The zero-order chi connectivity index (χ0) is 32.3. The van der Waals surface area contributed by atoms with Crippen LogP contribution in [0.3, 0.4) is 0 Å². The van der Waals surface area contributed by atoms with Crippen molar-refractivity contribution in [3.05, 3.63) is 176 Å². The number of hydrogen-bond donors (Lipinski definition) is 0. The van der Waals surface area contributed by atoms with Gasteiger partial charge in [-0.25, -0.2) is 0 Å². The molecule has 2 aromatic heterocycles. The van der Waals surface area contributed by atoms with Crippen LogP contribution in [-0.2, 0) is 0 Å². The molecule has 3 heteroatoms. The Morgan fingerprint density at radius 2 is 1.12 bits per heavy atom. The number of benzene rings is 8. The maximum atomic E-state index is 6.22. The summed E-state index contributed by atoms with van der Waals surface area (Å²) in [6, 6.07) is 63.2. The summed E-state index contributed by atoms with van der Waals surface area (Å²) in [4.78, 5) is 2.37. The van der Waals surface area contributed by atoms with Crippen LogP contribution in [0.4, 0.5) is 17.1 Å². The molecule has 0 atom stereocenters. The third-order valence-electron chi connectivity index (χ3n) is 9.65. The summed E-state index contributed by atoms with van der Waals surface area (Å²) in [5, 5.41) is 7.43. The van der Waals surface area contributed by atoms with Gasteiger partial charge in [0.1, 0.15) is 11.2 Å². The number of thiophene rings is 1. The number of fused-ring (bicyclic) bond motifs is 8. The molecule has 8 aromatic carbocycles. The Morgan fingerprint density at radius 3 is 2.02 bits per heavy atom. The van der Waals surface area contributed by atoms with Crippen LogP contribution < -0.4 is 4.90 Å². The first-order valence-electron chi connectivity index (χ1n) is 16.6. The van der Waals surface area contributed by atoms with Gasteiger partial charge in [-0.2, -0.15) is 0 Å². The maximum absolute atomic E-state index is 6.22. The fourth-order valence-corrected chi connectivity index (χ4v) is 8.49. The first-order chi connectivity index (χ1) is 24.3. The number of anilines is 3. The van der Waals surface area contributed by atoms with Crippen LogP contribution in [0, 0.1) is 0 Å². The van der Waals surface area contributed by atoms with Gasteiger partial charge >= 0.3 is 0 Å². The molecule has 0 fully saturated rings. The Morgan fingerprint density at radius 1 is 0.408 bits per heavy atom. The SMILES string of the molecule is c1ccc(N(c2ccc(-c3ccc4c(c3)sc3ccc5oc6ccccc6c5c34)cc2)c2ccccc2-c2ccc3ccccc3c2)cc1. The lowest BCUT2D eigenvalue weighted by Crippen LogP contribution is -2.11. The van der Waals surface area contributed by atoms with Gasteiger partial charge in [-0.3, -0.25) is 0 Å². The molecule has 10 rings (SSSR count). The molecule has 0 aliphatic rings. The summed E-state index contributed by atoms with van der Waals surface area (Å²) < 4.78 is 8.78. The van der Waals surface area contributed by atoms with E-state index in [9.17, 15) is 0 Å². The molecule has 0 aliphatic carbocycles. The Labute approximate surface area is 287 Å². The molecule has 2 heterocycles. The summed E-state index contributed by atoms with van der Waals surface area (Å²) in [5.74, 6) is 0. The number of para-hydroxylation sites is 3. The van der Waals surface area contributed by atoms with Gasteiger partial charge in [-0.05, 0) is 88.1 Å². The zero-order valence-corrected chi connectivity index (χ0v) is 27.3. The lowest BCUT2D eigenvalue weighted by molar-refractivity contribution is 0.669. The van der Waals surface area contributed by atoms with E-state index < -0.39 is 0 Å². The average molecular weight is 644 g/mol. The second-order valence-corrected chi connectivity index (χ2v) is 13.6. The van der Waals surface area contributed by atoms with Gasteiger partial charge in [0.2, 0.25) is 0 Å². The molecule has 0 N–H and O–H groups in total. The van der Waals surface area contributed by atoms with Gasteiger partial charge in [-0.1, -0.05) is 115 Å². The summed E-state index contributed by atoms with van der Waals surface area (Å²) >= 11 is 1.85. The molecule has 0 radical (unpaired) electrons. The number of hydrogen-bond acceptors (Lipinski definition) is 3. The maximum Gasteiger partial charge on any atom is 0.136 e. The van der Waals surface area contributed by atoms with Crippen molar-refractivity contribution >= 4 is 81.3 Å². The third kappa shape index (κ3) is 4.62. The molecule has 10 aromatic rings. The standard InChI is InChI=1S/C46H29NOS/c1-2-12-35(13-3-1)47(40-16-8-6-14-37(40)34-19-18-30-10-4-5-11-32(30)28-34)36-23-20-31(21-24-36)33-22-25-39-44(29-33)49-43-27-26-42-45(46(39)43)38-15-7-9-17-41(38)48-42/h1-29H. The molecule has 0 unspecified atom stereocenters. The number of rotatable bonds is 5. The minimum absolute atomic E-state index is 0.936. The molecular weight excluding hydrogens is 615 g/mol. The molecule has 0 saturated carbocycles. The highest BCUT2D eigenvalue weighted by Gasteiger charge is 2.18. The monoisotopic (exact) mass is 643 g/mol. The molecule has 0 amide bonds. The van der Waals surface area contributed by atoms with Gasteiger partial charge in [-0.15, -0.1) is 11.3 Å². The zero-order valence-electron chi connectivity index (χ0n) is 26.5. The van der Waals surface area contributed by atoms with Crippen molar-refractivity contribution in [2.24, 2.45) is 0 Å². The minimum Gasteiger partial charge on any atom is -0.456 e. The van der Waals surface area contributed by atoms with Crippen LogP contribution in [0.1, 0.15) is 0 Å². The molecule has 230 valence electrons. The second-order valence-electron chi connectivity index (χ2n) is 12.5. The van der Waals surface area contributed by atoms with E-state index in [-0.39, 0.29) is 0 Å². The van der Waals surface area contributed by atoms with Crippen LogP contribution in [0.5, 0.6) is 0 Å². The van der Waals surface area contributed by atoms with Gasteiger partial charge in [0.05, 0.1) is 5.69 Å². The van der Waals surface area contributed by atoms with Crippen LogP contribution in [0.25, 0.3) is 75.1 Å². The Balaban J connectivity index is 1.07. The van der Waals surface area contributed by atoms with E-state index >= 15 is 0 Å². The largest absolute Gasteiger partial charge is 0.456 e. The minimum atomic E-state index is 0.936. The van der Waals surface area contributed by atoms with Crippen molar-refractivity contribution < 1.29 is 4.42 Å². The normalized spacial score (nSPS) is 11.7. The molecular formula is C46H29NOS. The Hall–Kier alpha value is -6.16. The van der Waals surface area contributed by atoms with E-state index in [1.165, 1.54) is 64.0 Å². The van der Waals surface area contributed by atoms with Crippen molar-refractivity contribution in [2.75, 3.05) is 4.90 Å². The van der Waals surface area contributed by atoms with E-state index in [0.29, 0.717) is 0 Å². The first kappa shape index (κ1) is 27.9. The molecule has 0 spiro atoms. The van der Waals surface area contributed by atoms with Gasteiger partial charge in [0.25, 0.3) is 0 Å². The number of furan rings is 1. The topological polar surface area (TPSA) is 16.4 Å². The quantitative estimate of drug-likeness (QED) is 0.186. The van der Waals surface area contributed by atoms with E-state index in [4.69, 9.17) is 4.42 Å². The van der Waals surface area contributed by atoms with Crippen molar-refractivity contribution in [3.63, 3.8) is 0 Å². The predicted molar refractivity (Wildman–Crippen MR) is 210 cm³/mol. The predicted octanol–water partition coefficient (Wildman–Crippen LogP) is 13.9. The highest BCUT2D eigenvalue weighted by Crippen LogP contribution is 2.45. The molecule has 0 bridgehead atoms. The Bertz CT molecular complexity index is 2830. The van der Waals surface area contributed by atoms with Crippen molar-refractivity contribution in [1.29, 1.82) is 0 Å². The van der Waals surface area contributed by atoms with Crippen LogP contribution in [0.2, 0.25) is 0 Å². The van der Waals surface area contributed by atoms with E-state index in [1.54, 1.807) is 0 Å². The highest BCUT2D eigenvalue weighted by molar-refractivity contribution is 7.26. The second kappa shape index (κ2) is 11.2. The van der Waals surface area contributed by atoms with E-state index in [2.05, 4.69) is 175 Å². The molecule has 49 heavy (non-hydrogen) atoms. The van der Waals surface area contributed by atoms with Crippen LogP contribution in [0.15, 0.2) is 180 Å². The van der Waals surface area contributed by atoms with Crippen molar-refractivity contribution in [3.8, 4) is 22.3 Å². The summed E-state index contributed by atoms with van der Waals surface area (Å²) in [7, 11) is 0. The first-order valence-corrected chi connectivity index (χ1v) is 17.4. The smallest absolute Gasteiger partial charge is 0.136 e. The lowest BCUT2D eigenvalue weighted by atomic mass is 9.98. The fraction of sp³-hybridized carbons (Fsp3) is 0. The van der Waals surface area contributed by atoms with Crippen LogP contribution >= 0.6 is 11.3 Å². The van der Waals surface area contributed by atoms with Crippen molar-refractivity contribution in [2.45, 2.75) is 0 Å². The average Bonchev–Trinajstić information content (AvgIpc) is 3.73. The van der Waals surface area contributed by atoms with Gasteiger partial charge in [0.15, 0.2) is 0 Å². The van der Waals surface area contributed by atoms with E-state index in [1.807, 2.05) is 17.4 Å².